The van der Waals surface area contributed by atoms with E-state index in [2.05, 4.69) is 21.3 Å². The predicted octanol–water partition coefficient (Wildman–Crippen LogP) is 14.5. The van der Waals surface area contributed by atoms with Gasteiger partial charge in [-0.2, -0.15) is 0 Å². The van der Waals surface area contributed by atoms with Crippen molar-refractivity contribution in [3.05, 3.63) is 108 Å². The van der Waals surface area contributed by atoms with Crippen molar-refractivity contribution in [1.29, 1.82) is 0 Å². The van der Waals surface area contributed by atoms with Gasteiger partial charge in [0.05, 0.1) is 40.3 Å². The van der Waals surface area contributed by atoms with Crippen LogP contribution in [0.4, 0.5) is 21.0 Å². The van der Waals surface area contributed by atoms with E-state index < -0.39 is 57.7 Å². The summed E-state index contributed by atoms with van der Waals surface area (Å²) in [5.41, 5.74) is -0.765. The smallest absolute Gasteiger partial charge is 0.342 e. The van der Waals surface area contributed by atoms with Crippen LogP contribution in [-0.2, 0) is 47.6 Å². The first-order chi connectivity index (χ1) is 39.3. The van der Waals surface area contributed by atoms with Crippen molar-refractivity contribution in [3.63, 3.8) is 0 Å². The zero-order valence-corrected chi connectivity index (χ0v) is 50.3. The monoisotopic (exact) mass is 1310 g/mol. The van der Waals surface area contributed by atoms with E-state index in [9.17, 15) is 53.7 Å². The second kappa shape index (κ2) is 50.1. The Labute approximate surface area is 550 Å². The van der Waals surface area contributed by atoms with Crippen LogP contribution in [0.3, 0.4) is 0 Å². The van der Waals surface area contributed by atoms with Crippen molar-refractivity contribution in [2.45, 2.75) is 174 Å². The van der Waals surface area contributed by atoms with E-state index in [1.165, 1.54) is 60.7 Å². The number of carbonyl (C=O) groups excluding carboxylic acids is 8. The highest BCUT2D eigenvalue weighted by molar-refractivity contribution is 5.92. The number of carbonyl (C=O) groups is 8. The second-order valence-electron chi connectivity index (χ2n) is 21.3. The number of ether oxygens (including phenoxy) is 6. The van der Waals surface area contributed by atoms with Gasteiger partial charge in [0.25, 0.3) is 0 Å². The molecule has 0 aliphatic rings. The number of phenols is 4. The Bertz CT molecular complexity index is 2710. The zero-order chi connectivity index (χ0) is 63.7. The number of rotatable bonds is 25. The summed E-state index contributed by atoms with van der Waals surface area (Å²) in [6.45, 7) is 22.2. The van der Waals surface area contributed by atoms with Crippen molar-refractivity contribution < 1.29 is 92.3 Å². The summed E-state index contributed by atoms with van der Waals surface area (Å²) in [4.78, 5) is 93.2. The van der Waals surface area contributed by atoms with Gasteiger partial charge in [-0.05, 0) is 154 Å². The quantitative estimate of drug-likeness (QED) is 0.0129. The molecule has 9 N–H and O–H groups in total. The molecule has 0 aliphatic carbocycles. The number of benzene rings is 4. The van der Waals surface area contributed by atoms with Gasteiger partial charge in [-0.1, -0.05) is 105 Å². The number of hydrogen-bond donors (Lipinski definition) is 9. The van der Waals surface area contributed by atoms with Crippen LogP contribution in [0.5, 0.6) is 23.0 Å². The fourth-order valence-corrected chi connectivity index (χ4v) is 5.52. The molecule has 4 rings (SSSR count). The number of phenolic OH excluding ortho intramolecular Hbond substituents is 4. The second-order valence-corrected chi connectivity index (χ2v) is 21.3. The third-order valence-electron chi connectivity index (χ3n) is 12.8. The Morgan fingerprint density at radius 2 is 0.772 bits per heavy atom. The average molecular weight is 1310 g/mol. The summed E-state index contributed by atoms with van der Waals surface area (Å²) >= 11 is 0. The highest BCUT2D eigenvalue weighted by atomic mass is 16.6. The molecule has 0 saturated carbocycles. The fourth-order valence-electron chi connectivity index (χ4n) is 5.52. The Kier molecular flexibility index (Phi) is 54.2. The number of hydrogen-bond acceptors (Lipinski definition) is 19. The first-order valence-corrected chi connectivity index (χ1v) is 27.3. The molecule has 1 unspecified atom stereocenters. The number of nitrogens with one attached hydrogen (secondary N) is 4. The summed E-state index contributed by atoms with van der Waals surface area (Å²) in [7, 11) is 0. The molecule has 4 aromatic rings. The summed E-state index contributed by atoms with van der Waals surface area (Å²) in [6, 6.07) is 23.2. The molecule has 1 atom stereocenters. The van der Waals surface area contributed by atoms with Crippen LogP contribution in [0.15, 0.2) is 97.1 Å². The van der Waals surface area contributed by atoms with Gasteiger partial charge in [0.1, 0.15) is 74.3 Å². The van der Waals surface area contributed by atoms with Crippen molar-refractivity contribution in [3.8, 4) is 23.0 Å². The highest BCUT2D eigenvalue weighted by Crippen LogP contribution is 2.25. The number of aromatic hydroxyl groups is 4. The first kappa shape index (κ1) is 99.6. The summed E-state index contributed by atoms with van der Waals surface area (Å²) in [6.07, 6.45) is 1.56. The van der Waals surface area contributed by atoms with Crippen LogP contribution in [0.1, 0.15) is 189 Å². The van der Waals surface area contributed by atoms with Crippen LogP contribution in [0.2, 0.25) is 0 Å². The molecule has 0 radical (unpaired) electrons. The number of esters is 6. The van der Waals surface area contributed by atoms with E-state index in [1.54, 1.807) is 64.1 Å². The Morgan fingerprint density at radius 1 is 0.402 bits per heavy atom. The number of aliphatic hydroxyl groups excluding tert-OH is 1. The van der Waals surface area contributed by atoms with Gasteiger partial charge in [-0.3, -0.25) is 19.2 Å². The molecular formula is C69H118N4O19. The van der Waals surface area contributed by atoms with E-state index in [1.807, 2.05) is 55.4 Å². The summed E-state index contributed by atoms with van der Waals surface area (Å²) in [5.74, 6) is -2.45. The molecule has 0 fully saturated rings. The lowest BCUT2D eigenvalue weighted by Gasteiger charge is -2.21. The van der Waals surface area contributed by atoms with Gasteiger partial charge >= 0.3 is 47.9 Å². The van der Waals surface area contributed by atoms with Crippen molar-refractivity contribution in [2.24, 2.45) is 21.7 Å². The highest BCUT2D eigenvalue weighted by Gasteiger charge is 2.30. The number of urea groups is 2. The lowest BCUT2D eigenvalue weighted by Crippen LogP contribution is -2.34. The Morgan fingerprint density at radius 3 is 1.18 bits per heavy atom. The molecule has 0 aromatic heterocycles. The molecule has 4 amide bonds. The third-order valence-corrected chi connectivity index (χ3v) is 12.8. The molecule has 0 saturated heterocycles. The molecular weight excluding hydrogens is 1190 g/mol. The lowest BCUT2D eigenvalue weighted by atomic mass is 9.91. The van der Waals surface area contributed by atoms with Gasteiger partial charge < -0.3 is 75.2 Å². The SMILES string of the molecule is C.C.C.C.C.C.C.C.CCC(C)(C)C(=O)OCC(O)COC(=O)c1ccccc1O.CCC(C)(C)C(=O)OCCNC(=O)Nc1ccc(O)cc1.CCC(C)(C)C(=O)OCCNC(=O)Nc1cccc(O)c1.CCC(C)(C)C(=O)OCCOC(=O)c1ccc(O)cc1. The minimum absolute atomic E-state index is 0. The standard InChI is InChI=1S/C16H22O6.2C15H22N2O4.C15H20O5.8CH4/c1-4-16(2,3)15(20)22-10-11(17)9-21-14(19)12-7-5-6-8-13(12)18;1-4-15(2,3)13(19)21-10-9-16-14(20)17-11-5-7-12(18)8-6-11;1-4-15(2,3)13(19)21-9-8-16-14(20)17-11-6-5-7-12(18)10-11;1-4-15(2,3)14(18)20-10-9-19-13(17)11-5-7-12(16)8-6-11;;;;;;;;/h5-8,11,17-18H,4,9-10H2,1-3H3;5-8,18H,4,9-10H2,1-3H3,(H2,16,17,20);5-7,10,18H,4,8-9H2,1-3H3,(H2,16,17,20);5-8,16H,4,9-10H2,1-3H3;8*1H4. The first-order valence-electron chi connectivity index (χ1n) is 27.3. The molecule has 4 aromatic carbocycles. The van der Waals surface area contributed by atoms with E-state index in [-0.39, 0.29) is 159 Å². The number of anilines is 2. The predicted molar refractivity (Wildman–Crippen MR) is 367 cm³/mol. The minimum Gasteiger partial charge on any atom is -0.508 e. The number of aliphatic hydroxyl groups is 1. The molecule has 0 bridgehead atoms. The molecule has 23 nitrogen and oxygen atoms in total. The molecule has 0 heterocycles. The van der Waals surface area contributed by atoms with Crippen molar-refractivity contribution >= 4 is 59.3 Å². The Hall–Kier alpha value is -8.60. The van der Waals surface area contributed by atoms with Crippen LogP contribution < -0.4 is 21.3 Å². The van der Waals surface area contributed by atoms with Crippen molar-refractivity contribution in [2.75, 3.05) is 63.4 Å². The van der Waals surface area contributed by atoms with Crippen LogP contribution >= 0.6 is 0 Å². The van der Waals surface area contributed by atoms with Crippen molar-refractivity contribution in [1.82, 2.24) is 10.6 Å². The molecule has 0 spiro atoms. The van der Waals surface area contributed by atoms with E-state index in [0.29, 0.717) is 42.6 Å². The maximum absolute atomic E-state index is 11.7. The molecule has 23 heteroatoms. The normalized spacial score (nSPS) is 10.3. The number of para-hydroxylation sites is 1. The van der Waals surface area contributed by atoms with E-state index in [0.717, 1.165) is 0 Å². The molecule has 92 heavy (non-hydrogen) atoms. The van der Waals surface area contributed by atoms with Crippen LogP contribution in [0.25, 0.3) is 0 Å². The zero-order valence-electron chi connectivity index (χ0n) is 50.3. The van der Waals surface area contributed by atoms with E-state index >= 15 is 0 Å². The molecule has 528 valence electrons. The Balaban J connectivity index is -0.000000166. The van der Waals surface area contributed by atoms with Crippen LogP contribution in [-0.4, -0.2) is 132 Å². The number of amides is 4. The largest absolute Gasteiger partial charge is 0.508 e. The van der Waals surface area contributed by atoms with Crippen LogP contribution in [0, 0.1) is 21.7 Å². The van der Waals surface area contributed by atoms with E-state index in [4.69, 9.17) is 38.6 Å². The average Bonchev–Trinajstić information content (AvgIpc) is 2.82. The van der Waals surface area contributed by atoms with Gasteiger partial charge in [-0.25, -0.2) is 19.2 Å². The molecule has 0 aliphatic heterocycles. The maximum atomic E-state index is 11.7. The summed E-state index contributed by atoms with van der Waals surface area (Å²) in [5, 5.41) is 57.0. The van der Waals surface area contributed by atoms with Gasteiger partial charge in [0.15, 0.2) is 0 Å². The van der Waals surface area contributed by atoms with Gasteiger partial charge in [0, 0.05) is 17.4 Å². The fraction of sp³-hybridized carbons (Fsp3) is 0.536. The summed E-state index contributed by atoms with van der Waals surface area (Å²) < 4.78 is 30.1. The van der Waals surface area contributed by atoms with Gasteiger partial charge in [-0.15, -0.1) is 0 Å². The maximum Gasteiger partial charge on any atom is 0.342 e. The topological polar surface area (TPSA) is 341 Å². The lowest BCUT2D eigenvalue weighted by molar-refractivity contribution is -0.158. The minimum atomic E-state index is -1.12. The third kappa shape index (κ3) is 39.5. The van der Waals surface area contributed by atoms with Gasteiger partial charge in [0.2, 0.25) is 0 Å².